The number of hydrogen-bond acceptors (Lipinski definition) is 2. The topological polar surface area (TPSA) is 38.0 Å². The quantitative estimate of drug-likeness (QED) is 0.876. The van der Waals surface area contributed by atoms with Crippen molar-refractivity contribution in [3.63, 3.8) is 0 Å². The van der Waals surface area contributed by atoms with Crippen molar-refractivity contribution in [2.45, 2.75) is 32.2 Å². The highest BCUT2D eigenvalue weighted by Gasteiger charge is 2.13. The molecule has 0 saturated carbocycles. The molecule has 0 fully saturated rings. The molecule has 0 saturated heterocycles. The molecule has 0 bridgehead atoms. The van der Waals surface area contributed by atoms with Gasteiger partial charge in [-0.05, 0) is 28.7 Å². The molecule has 2 aromatic carbocycles. The first-order chi connectivity index (χ1) is 9.50. The molecule has 20 heavy (non-hydrogen) atoms. The molecular formula is C18H24N2. The first-order valence-electron chi connectivity index (χ1n) is 7.13. The van der Waals surface area contributed by atoms with Gasteiger partial charge in [0.2, 0.25) is 0 Å². The number of rotatable bonds is 4. The number of anilines is 1. The van der Waals surface area contributed by atoms with Crippen molar-refractivity contribution in [1.29, 1.82) is 0 Å². The summed E-state index contributed by atoms with van der Waals surface area (Å²) in [6, 6.07) is 19.1. The van der Waals surface area contributed by atoms with Gasteiger partial charge >= 0.3 is 0 Å². The summed E-state index contributed by atoms with van der Waals surface area (Å²) >= 11 is 0. The van der Waals surface area contributed by atoms with E-state index < -0.39 is 0 Å². The molecule has 0 radical (unpaired) electrons. The molecule has 0 aliphatic heterocycles. The van der Waals surface area contributed by atoms with E-state index in [-0.39, 0.29) is 11.5 Å². The Balaban J connectivity index is 2.13. The maximum absolute atomic E-state index is 5.89. The van der Waals surface area contributed by atoms with Crippen molar-refractivity contribution >= 4 is 5.69 Å². The summed E-state index contributed by atoms with van der Waals surface area (Å²) in [5.74, 6) is 0. The van der Waals surface area contributed by atoms with Crippen LogP contribution in [0.3, 0.4) is 0 Å². The Bertz CT molecular complexity index is 524. The summed E-state index contributed by atoms with van der Waals surface area (Å²) in [7, 11) is 0. The van der Waals surface area contributed by atoms with E-state index in [2.05, 4.69) is 62.5 Å². The largest absolute Gasteiger partial charge is 0.377 e. The van der Waals surface area contributed by atoms with Gasteiger partial charge in [0.25, 0.3) is 0 Å². The van der Waals surface area contributed by atoms with E-state index >= 15 is 0 Å². The van der Waals surface area contributed by atoms with E-state index in [0.29, 0.717) is 6.54 Å². The molecule has 106 valence electrons. The molecule has 0 spiro atoms. The Morgan fingerprint density at radius 3 is 2.05 bits per heavy atom. The van der Waals surface area contributed by atoms with Crippen LogP contribution in [0.4, 0.5) is 5.69 Å². The Hall–Kier alpha value is -1.80. The molecule has 0 aliphatic rings. The van der Waals surface area contributed by atoms with Crippen molar-refractivity contribution in [3.8, 4) is 0 Å². The number of nitrogens with two attached hydrogens (primary N) is 1. The van der Waals surface area contributed by atoms with E-state index in [0.717, 1.165) is 5.69 Å². The molecular weight excluding hydrogens is 244 g/mol. The molecule has 3 N–H and O–H groups in total. The van der Waals surface area contributed by atoms with E-state index in [1.807, 2.05) is 18.2 Å². The van der Waals surface area contributed by atoms with Gasteiger partial charge in [-0.3, -0.25) is 0 Å². The van der Waals surface area contributed by atoms with Gasteiger partial charge < -0.3 is 11.1 Å². The van der Waals surface area contributed by atoms with Gasteiger partial charge in [-0.15, -0.1) is 0 Å². The minimum Gasteiger partial charge on any atom is -0.377 e. The third kappa shape index (κ3) is 3.61. The van der Waals surface area contributed by atoms with Crippen molar-refractivity contribution in [3.05, 3.63) is 65.7 Å². The summed E-state index contributed by atoms with van der Waals surface area (Å²) in [6.45, 7) is 7.25. The van der Waals surface area contributed by atoms with Crippen LogP contribution in [-0.4, -0.2) is 6.54 Å². The zero-order valence-electron chi connectivity index (χ0n) is 12.6. The van der Waals surface area contributed by atoms with Crippen LogP contribution in [-0.2, 0) is 5.41 Å². The molecule has 1 unspecified atom stereocenters. The van der Waals surface area contributed by atoms with Crippen LogP contribution in [0.1, 0.15) is 37.9 Å². The second kappa shape index (κ2) is 6.10. The molecule has 0 aromatic heterocycles. The van der Waals surface area contributed by atoms with E-state index in [9.17, 15) is 0 Å². The normalized spacial score (nSPS) is 13.0. The van der Waals surface area contributed by atoms with E-state index in [4.69, 9.17) is 5.73 Å². The Morgan fingerprint density at radius 1 is 0.950 bits per heavy atom. The van der Waals surface area contributed by atoms with Crippen LogP contribution in [0, 0.1) is 0 Å². The van der Waals surface area contributed by atoms with Crippen LogP contribution in [0.15, 0.2) is 54.6 Å². The minimum absolute atomic E-state index is 0.150. The fourth-order valence-corrected chi connectivity index (χ4v) is 2.23. The molecule has 2 heteroatoms. The van der Waals surface area contributed by atoms with Crippen molar-refractivity contribution in [2.75, 3.05) is 11.9 Å². The average molecular weight is 268 g/mol. The van der Waals surface area contributed by atoms with Crippen LogP contribution in [0.5, 0.6) is 0 Å². The van der Waals surface area contributed by atoms with E-state index in [1.165, 1.54) is 11.1 Å². The zero-order chi connectivity index (χ0) is 14.6. The lowest BCUT2D eigenvalue weighted by Crippen LogP contribution is -2.20. The number of nitrogens with one attached hydrogen (secondary N) is 1. The predicted molar refractivity (Wildman–Crippen MR) is 87.0 cm³/mol. The monoisotopic (exact) mass is 268 g/mol. The van der Waals surface area contributed by atoms with Crippen molar-refractivity contribution in [1.82, 2.24) is 0 Å². The highest BCUT2D eigenvalue weighted by molar-refractivity contribution is 5.48. The van der Waals surface area contributed by atoms with E-state index in [1.54, 1.807) is 0 Å². The van der Waals surface area contributed by atoms with Gasteiger partial charge in [-0.2, -0.15) is 0 Å². The lowest BCUT2D eigenvalue weighted by molar-refractivity contribution is 0.590. The van der Waals surface area contributed by atoms with Crippen LogP contribution < -0.4 is 11.1 Å². The highest BCUT2D eigenvalue weighted by Crippen LogP contribution is 2.25. The fraction of sp³-hybridized carbons (Fsp3) is 0.333. The van der Waals surface area contributed by atoms with Crippen LogP contribution >= 0.6 is 0 Å². The zero-order valence-corrected chi connectivity index (χ0v) is 12.6. The third-order valence-electron chi connectivity index (χ3n) is 3.53. The standard InChI is InChI=1S/C18H24N2/c1-18(2,3)15-9-11-16(12-10-15)20-17(13-19)14-7-5-4-6-8-14/h4-12,17,20H,13,19H2,1-3H3. The second-order valence-corrected chi connectivity index (χ2v) is 6.17. The predicted octanol–water partition coefficient (Wildman–Crippen LogP) is 4.10. The maximum Gasteiger partial charge on any atom is 0.0636 e. The summed E-state index contributed by atoms with van der Waals surface area (Å²) in [4.78, 5) is 0. The first kappa shape index (κ1) is 14.6. The molecule has 2 nitrogen and oxygen atoms in total. The van der Waals surface area contributed by atoms with Crippen LogP contribution in [0.2, 0.25) is 0 Å². The van der Waals surface area contributed by atoms with Gasteiger partial charge in [-0.25, -0.2) is 0 Å². The summed E-state index contributed by atoms with van der Waals surface area (Å²) < 4.78 is 0. The molecule has 2 aromatic rings. The van der Waals surface area contributed by atoms with Crippen molar-refractivity contribution < 1.29 is 0 Å². The van der Waals surface area contributed by atoms with Crippen LogP contribution in [0.25, 0.3) is 0 Å². The number of benzene rings is 2. The summed E-state index contributed by atoms with van der Waals surface area (Å²) in [5.41, 5.74) is 9.74. The fourth-order valence-electron chi connectivity index (χ4n) is 2.23. The first-order valence-corrected chi connectivity index (χ1v) is 7.13. The highest BCUT2D eigenvalue weighted by atomic mass is 14.9. The molecule has 0 amide bonds. The Labute approximate surface area is 122 Å². The van der Waals surface area contributed by atoms with Gasteiger partial charge in [0.05, 0.1) is 6.04 Å². The second-order valence-electron chi connectivity index (χ2n) is 6.17. The lowest BCUT2D eigenvalue weighted by atomic mass is 9.87. The third-order valence-corrected chi connectivity index (χ3v) is 3.53. The summed E-state index contributed by atoms with van der Waals surface area (Å²) in [6.07, 6.45) is 0. The SMILES string of the molecule is CC(C)(C)c1ccc(NC(CN)c2ccccc2)cc1. The van der Waals surface area contributed by atoms with Crippen molar-refractivity contribution in [2.24, 2.45) is 5.73 Å². The molecule has 2 rings (SSSR count). The number of hydrogen-bond donors (Lipinski definition) is 2. The summed E-state index contributed by atoms with van der Waals surface area (Å²) in [5, 5.41) is 3.50. The minimum atomic E-state index is 0.150. The Morgan fingerprint density at radius 2 is 1.55 bits per heavy atom. The Kier molecular flexibility index (Phi) is 4.46. The van der Waals surface area contributed by atoms with Gasteiger partial charge in [0, 0.05) is 12.2 Å². The lowest BCUT2D eigenvalue weighted by Gasteiger charge is -2.21. The molecule has 0 aliphatic carbocycles. The average Bonchev–Trinajstić information content (AvgIpc) is 2.45. The van der Waals surface area contributed by atoms with Gasteiger partial charge in [0.1, 0.15) is 0 Å². The molecule has 0 heterocycles. The smallest absolute Gasteiger partial charge is 0.0636 e. The molecule has 1 atom stereocenters. The maximum atomic E-state index is 5.89. The van der Waals surface area contributed by atoms with Gasteiger partial charge in [0.15, 0.2) is 0 Å². The van der Waals surface area contributed by atoms with Gasteiger partial charge in [-0.1, -0.05) is 63.2 Å².